The van der Waals surface area contributed by atoms with Gasteiger partial charge >= 0.3 is 0 Å². The molecule has 84 valence electrons. The minimum Gasteiger partial charge on any atom is -0.330 e. The van der Waals surface area contributed by atoms with E-state index in [-0.39, 0.29) is 5.41 Å². The lowest BCUT2D eigenvalue weighted by atomic mass is 9.75. The molecule has 0 saturated heterocycles. The monoisotopic (exact) mass is 208 g/mol. The van der Waals surface area contributed by atoms with Gasteiger partial charge in [0, 0.05) is 11.8 Å². The van der Waals surface area contributed by atoms with Gasteiger partial charge in [0.25, 0.3) is 0 Å². The predicted molar refractivity (Wildman–Crippen MR) is 59.6 cm³/mol. The number of hydrogen-bond donors (Lipinski definition) is 2. The highest BCUT2D eigenvalue weighted by molar-refractivity contribution is 5.07. The van der Waals surface area contributed by atoms with Gasteiger partial charge < -0.3 is 5.73 Å². The second-order valence-corrected chi connectivity index (χ2v) is 4.77. The van der Waals surface area contributed by atoms with Gasteiger partial charge in [-0.1, -0.05) is 26.2 Å². The molecule has 15 heavy (non-hydrogen) atoms. The van der Waals surface area contributed by atoms with Crippen LogP contribution in [0.2, 0.25) is 0 Å². The van der Waals surface area contributed by atoms with Gasteiger partial charge in [-0.05, 0) is 19.4 Å². The lowest BCUT2D eigenvalue weighted by Gasteiger charge is -2.30. The molecule has 0 unspecified atom stereocenters. The second kappa shape index (κ2) is 4.31. The molecule has 1 aliphatic carbocycles. The Morgan fingerprint density at radius 3 is 2.73 bits per heavy atom. The SMILES string of the molecule is CC1(c2n[nH]c(CCN)n2)CCCCC1. The van der Waals surface area contributed by atoms with Crippen molar-refractivity contribution < 1.29 is 0 Å². The number of H-pyrrole nitrogens is 1. The highest BCUT2D eigenvalue weighted by atomic mass is 15.2. The van der Waals surface area contributed by atoms with Crippen molar-refractivity contribution in [3.8, 4) is 0 Å². The molecule has 0 aliphatic heterocycles. The van der Waals surface area contributed by atoms with Crippen LogP contribution in [0.1, 0.15) is 50.7 Å². The molecule has 0 aromatic carbocycles. The van der Waals surface area contributed by atoms with Crippen LogP contribution in [0.25, 0.3) is 0 Å². The molecule has 1 aromatic heterocycles. The van der Waals surface area contributed by atoms with E-state index in [9.17, 15) is 0 Å². The first-order valence-corrected chi connectivity index (χ1v) is 5.86. The number of nitrogens with zero attached hydrogens (tertiary/aromatic N) is 2. The maximum absolute atomic E-state index is 5.49. The average molecular weight is 208 g/mol. The predicted octanol–water partition coefficient (Wildman–Crippen LogP) is 1.53. The van der Waals surface area contributed by atoms with Crippen molar-refractivity contribution in [1.82, 2.24) is 15.2 Å². The van der Waals surface area contributed by atoms with Gasteiger partial charge in [-0.3, -0.25) is 5.10 Å². The van der Waals surface area contributed by atoms with Crippen molar-refractivity contribution in [2.75, 3.05) is 6.54 Å². The topological polar surface area (TPSA) is 67.6 Å². The Hall–Kier alpha value is -0.900. The maximum atomic E-state index is 5.49. The molecule has 1 saturated carbocycles. The van der Waals surface area contributed by atoms with Gasteiger partial charge in [-0.15, -0.1) is 0 Å². The third kappa shape index (κ3) is 2.20. The number of aromatic amines is 1. The normalized spacial score (nSPS) is 20.4. The van der Waals surface area contributed by atoms with Crippen molar-refractivity contribution in [3.63, 3.8) is 0 Å². The van der Waals surface area contributed by atoms with E-state index in [4.69, 9.17) is 5.73 Å². The third-order valence-electron chi connectivity index (χ3n) is 3.41. The highest BCUT2D eigenvalue weighted by Gasteiger charge is 2.32. The molecule has 1 aliphatic rings. The van der Waals surface area contributed by atoms with E-state index in [1.807, 2.05) is 0 Å². The van der Waals surface area contributed by atoms with Crippen LogP contribution < -0.4 is 5.73 Å². The van der Waals surface area contributed by atoms with E-state index < -0.39 is 0 Å². The summed E-state index contributed by atoms with van der Waals surface area (Å²) in [6.07, 6.45) is 7.19. The molecule has 1 fully saturated rings. The van der Waals surface area contributed by atoms with Crippen LogP contribution >= 0.6 is 0 Å². The van der Waals surface area contributed by atoms with Crippen LogP contribution in [0, 0.1) is 0 Å². The molecule has 0 atom stereocenters. The maximum Gasteiger partial charge on any atom is 0.156 e. The van der Waals surface area contributed by atoms with Crippen molar-refractivity contribution in [1.29, 1.82) is 0 Å². The van der Waals surface area contributed by atoms with Gasteiger partial charge in [0.15, 0.2) is 5.82 Å². The molecule has 0 amide bonds. The zero-order valence-corrected chi connectivity index (χ0v) is 9.42. The molecule has 0 radical (unpaired) electrons. The van der Waals surface area contributed by atoms with Gasteiger partial charge in [0.1, 0.15) is 5.82 Å². The fraction of sp³-hybridized carbons (Fsp3) is 0.818. The van der Waals surface area contributed by atoms with E-state index in [0.29, 0.717) is 6.54 Å². The first-order chi connectivity index (χ1) is 7.24. The fourth-order valence-corrected chi connectivity index (χ4v) is 2.37. The van der Waals surface area contributed by atoms with E-state index in [1.165, 1.54) is 32.1 Å². The summed E-state index contributed by atoms with van der Waals surface area (Å²) in [6, 6.07) is 0. The third-order valence-corrected chi connectivity index (χ3v) is 3.41. The van der Waals surface area contributed by atoms with E-state index in [0.717, 1.165) is 18.1 Å². The number of rotatable bonds is 3. The van der Waals surface area contributed by atoms with Crippen LogP contribution in [0.3, 0.4) is 0 Å². The fourth-order valence-electron chi connectivity index (χ4n) is 2.37. The first-order valence-electron chi connectivity index (χ1n) is 5.86. The summed E-state index contributed by atoms with van der Waals surface area (Å²) in [5.74, 6) is 1.92. The Labute approximate surface area is 90.7 Å². The van der Waals surface area contributed by atoms with Crippen LogP contribution in [0.4, 0.5) is 0 Å². The molecule has 2 rings (SSSR count). The Morgan fingerprint density at radius 1 is 1.33 bits per heavy atom. The Morgan fingerprint density at radius 2 is 2.07 bits per heavy atom. The Bertz CT molecular complexity index is 312. The summed E-state index contributed by atoms with van der Waals surface area (Å²) in [5, 5.41) is 7.33. The molecular formula is C11H20N4. The van der Waals surface area contributed by atoms with E-state index in [2.05, 4.69) is 22.1 Å². The van der Waals surface area contributed by atoms with Gasteiger partial charge in [0.05, 0.1) is 0 Å². The van der Waals surface area contributed by atoms with Crippen molar-refractivity contribution >= 4 is 0 Å². The minimum absolute atomic E-state index is 0.196. The van der Waals surface area contributed by atoms with Gasteiger partial charge in [-0.25, -0.2) is 4.98 Å². The standard InChI is InChI=1S/C11H20N4/c1-11(6-3-2-4-7-11)10-13-9(5-8-12)14-15-10/h2-8,12H2,1H3,(H,13,14,15). The summed E-state index contributed by atoms with van der Waals surface area (Å²) in [6.45, 7) is 2.91. The van der Waals surface area contributed by atoms with Crippen LogP contribution in [0.15, 0.2) is 0 Å². The lowest BCUT2D eigenvalue weighted by Crippen LogP contribution is -2.26. The highest BCUT2D eigenvalue weighted by Crippen LogP contribution is 2.36. The van der Waals surface area contributed by atoms with Crippen LogP contribution in [-0.4, -0.2) is 21.7 Å². The summed E-state index contributed by atoms with van der Waals surface area (Å²) < 4.78 is 0. The minimum atomic E-state index is 0.196. The number of aromatic nitrogens is 3. The summed E-state index contributed by atoms with van der Waals surface area (Å²) in [7, 11) is 0. The number of hydrogen-bond acceptors (Lipinski definition) is 3. The Kier molecular flexibility index (Phi) is 3.05. The van der Waals surface area contributed by atoms with Crippen LogP contribution in [-0.2, 0) is 11.8 Å². The summed E-state index contributed by atoms with van der Waals surface area (Å²) in [5.41, 5.74) is 5.69. The second-order valence-electron chi connectivity index (χ2n) is 4.77. The molecule has 0 bridgehead atoms. The summed E-state index contributed by atoms with van der Waals surface area (Å²) >= 11 is 0. The van der Waals surface area contributed by atoms with Crippen molar-refractivity contribution in [2.24, 2.45) is 5.73 Å². The zero-order valence-electron chi connectivity index (χ0n) is 9.42. The lowest BCUT2D eigenvalue weighted by molar-refractivity contribution is 0.304. The Balaban J connectivity index is 2.12. The molecule has 4 heteroatoms. The molecule has 1 aromatic rings. The molecule has 0 spiro atoms. The average Bonchev–Trinajstić information content (AvgIpc) is 2.69. The van der Waals surface area contributed by atoms with Gasteiger partial charge in [-0.2, -0.15) is 5.10 Å². The summed E-state index contributed by atoms with van der Waals surface area (Å²) in [4.78, 5) is 4.55. The number of nitrogens with two attached hydrogens (primary N) is 1. The van der Waals surface area contributed by atoms with Crippen molar-refractivity contribution in [3.05, 3.63) is 11.6 Å². The quantitative estimate of drug-likeness (QED) is 0.791. The van der Waals surface area contributed by atoms with Crippen molar-refractivity contribution in [2.45, 2.75) is 50.9 Å². The molecule has 3 N–H and O–H groups in total. The molecule has 1 heterocycles. The number of nitrogens with one attached hydrogen (secondary N) is 1. The van der Waals surface area contributed by atoms with E-state index in [1.54, 1.807) is 0 Å². The molecule has 4 nitrogen and oxygen atoms in total. The largest absolute Gasteiger partial charge is 0.330 e. The zero-order chi connectivity index (χ0) is 10.7. The van der Waals surface area contributed by atoms with Gasteiger partial charge in [0.2, 0.25) is 0 Å². The van der Waals surface area contributed by atoms with E-state index >= 15 is 0 Å². The molecular weight excluding hydrogens is 188 g/mol. The van der Waals surface area contributed by atoms with Crippen LogP contribution in [0.5, 0.6) is 0 Å². The smallest absolute Gasteiger partial charge is 0.156 e. The first kappa shape index (κ1) is 10.6.